The molecule has 0 aromatic heterocycles. The van der Waals surface area contributed by atoms with E-state index in [1.807, 2.05) is 30.3 Å². The van der Waals surface area contributed by atoms with Crippen molar-refractivity contribution in [3.63, 3.8) is 0 Å². The molecule has 86 valence electrons. The number of hydrogen-bond acceptors (Lipinski definition) is 2. The highest BCUT2D eigenvalue weighted by Gasteiger charge is 2.39. The van der Waals surface area contributed by atoms with Crippen LogP contribution in [0.1, 0.15) is 18.4 Å². The third kappa shape index (κ3) is 3.52. The van der Waals surface area contributed by atoms with Crippen LogP contribution in [0.2, 0.25) is 0 Å². The lowest BCUT2D eigenvalue weighted by Crippen LogP contribution is -2.30. The highest BCUT2D eigenvalue weighted by atomic mass is 79.9. The van der Waals surface area contributed by atoms with Gasteiger partial charge in [0.15, 0.2) is 0 Å². The van der Waals surface area contributed by atoms with Gasteiger partial charge in [0.2, 0.25) is 0 Å². The molecule has 1 aromatic rings. The van der Waals surface area contributed by atoms with Crippen molar-refractivity contribution in [2.45, 2.75) is 23.8 Å². The summed E-state index contributed by atoms with van der Waals surface area (Å²) in [5.74, 6) is 0. The van der Waals surface area contributed by atoms with Gasteiger partial charge < -0.3 is 10.1 Å². The van der Waals surface area contributed by atoms with Gasteiger partial charge in [-0.2, -0.15) is 0 Å². The van der Waals surface area contributed by atoms with Crippen LogP contribution in [0.5, 0.6) is 0 Å². The Morgan fingerprint density at radius 3 is 2.69 bits per heavy atom. The number of halogens is 1. The van der Waals surface area contributed by atoms with Crippen LogP contribution in [0, 0.1) is 0 Å². The van der Waals surface area contributed by atoms with Crippen LogP contribution in [0.25, 0.3) is 0 Å². The van der Waals surface area contributed by atoms with E-state index in [4.69, 9.17) is 4.74 Å². The number of alkyl halides is 1. The number of carbonyl (C=O) groups excluding carboxylic acids is 1. The first-order valence-electron chi connectivity index (χ1n) is 5.31. The van der Waals surface area contributed by atoms with Crippen molar-refractivity contribution in [1.82, 2.24) is 5.32 Å². The number of rotatable bonds is 4. The normalized spacial score (nSPS) is 16.6. The van der Waals surface area contributed by atoms with Crippen LogP contribution in [0.4, 0.5) is 4.79 Å². The maximum absolute atomic E-state index is 11.3. The number of carbonyl (C=O) groups is 1. The van der Waals surface area contributed by atoms with Crippen LogP contribution in [-0.4, -0.2) is 17.0 Å². The molecule has 0 atom stereocenters. The van der Waals surface area contributed by atoms with E-state index in [1.165, 1.54) is 0 Å². The molecule has 1 aromatic carbocycles. The van der Waals surface area contributed by atoms with E-state index in [1.54, 1.807) is 0 Å². The summed E-state index contributed by atoms with van der Waals surface area (Å²) in [5, 5.41) is 2.75. The summed E-state index contributed by atoms with van der Waals surface area (Å²) in [6, 6.07) is 9.65. The molecule has 1 N–H and O–H groups in total. The predicted molar refractivity (Wildman–Crippen MR) is 65.5 cm³/mol. The Hall–Kier alpha value is -1.03. The highest BCUT2D eigenvalue weighted by molar-refractivity contribution is 9.10. The van der Waals surface area contributed by atoms with E-state index >= 15 is 0 Å². The molecular formula is C12H14BrNO2. The summed E-state index contributed by atoms with van der Waals surface area (Å²) in [7, 11) is 0. The van der Waals surface area contributed by atoms with Crippen molar-refractivity contribution in [3.05, 3.63) is 35.9 Å². The molecule has 0 bridgehead atoms. The molecule has 4 heteroatoms. The van der Waals surface area contributed by atoms with E-state index in [9.17, 15) is 4.79 Å². The molecule has 1 saturated carbocycles. The summed E-state index contributed by atoms with van der Waals surface area (Å²) in [4.78, 5) is 11.3. The number of alkyl carbamates (subject to hydrolysis) is 1. The second kappa shape index (κ2) is 4.87. The molecule has 0 radical (unpaired) electrons. The minimum atomic E-state index is -0.352. The smallest absolute Gasteiger partial charge is 0.407 e. The molecule has 0 heterocycles. The van der Waals surface area contributed by atoms with Crippen LogP contribution in [0.15, 0.2) is 30.3 Å². The Kier molecular flexibility index (Phi) is 3.49. The molecule has 0 unspecified atom stereocenters. The van der Waals surface area contributed by atoms with E-state index < -0.39 is 0 Å². The zero-order valence-corrected chi connectivity index (χ0v) is 10.5. The van der Waals surface area contributed by atoms with E-state index in [-0.39, 0.29) is 10.4 Å². The molecule has 1 fully saturated rings. The fraction of sp³-hybridized carbons (Fsp3) is 0.417. The molecular weight excluding hydrogens is 270 g/mol. The van der Waals surface area contributed by atoms with Crippen LogP contribution in [0.3, 0.4) is 0 Å². The van der Waals surface area contributed by atoms with Crippen LogP contribution in [-0.2, 0) is 11.3 Å². The number of hydrogen-bond donors (Lipinski definition) is 1. The number of ether oxygens (including phenoxy) is 1. The monoisotopic (exact) mass is 283 g/mol. The van der Waals surface area contributed by atoms with Gasteiger partial charge in [0.1, 0.15) is 6.61 Å². The molecule has 2 rings (SSSR count). The number of nitrogens with one attached hydrogen (secondary N) is 1. The van der Waals surface area contributed by atoms with Gasteiger partial charge in [0.25, 0.3) is 0 Å². The van der Waals surface area contributed by atoms with E-state index in [2.05, 4.69) is 21.2 Å². The Bertz CT molecular complexity index is 363. The third-order valence-electron chi connectivity index (χ3n) is 2.55. The summed E-state index contributed by atoms with van der Waals surface area (Å²) in [6.45, 7) is 0.961. The second-order valence-corrected chi connectivity index (χ2v) is 5.75. The van der Waals surface area contributed by atoms with Crippen molar-refractivity contribution in [2.24, 2.45) is 0 Å². The summed E-state index contributed by atoms with van der Waals surface area (Å²) in [6.07, 6.45) is 1.88. The quantitative estimate of drug-likeness (QED) is 0.863. The van der Waals surface area contributed by atoms with E-state index in [0.29, 0.717) is 13.2 Å². The number of benzene rings is 1. The second-order valence-electron chi connectivity index (χ2n) is 4.07. The van der Waals surface area contributed by atoms with Gasteiger partial charge in [-0.1, -0.05) is 46.3 Å². The largest absolute Gasteiger partial charge is 0.445 e. The lowest BCUT2D eigenvalue weighted by Gasteiger charge is -2.09. The molecule has 1 aliphatic carbocycles. The summed E-state index contributed by atoms with van der Waals surface area (Å²) >= 11 is 3.54. The van der Waals surface area contributed by atoms with Crippen molar-refractivity contribution in [1.29, 1.82) is 0 Å². The maximum atomic E-state index is 11.3. The first-order chi connectivity index (χ1) is 7.68. The fourth-order valence-corrected chi connectivity index (χ4v) is 1.66. The maximum Gasteiger partial charge on any atom is 0.407 e. The lowest BCUT2D eigenvalue weighted by molar-refractivity contribution is 0.139. The van der Waals surface area contributed by atoms with Gasteiger partial charge in [-0.25, -0.2) is 4.79 Å². The van der Waals surface area contributed by atoms with Gasteiger partial charge in [0, 0.05) is 10.9 Å². The first kappa shape index (κ1) is 11.5. The van der Waals surface area contributed by atoms with Gasteiger partial charge in [-0.3, -0.25) is 0 Å². The Morgan fingerprint density at radius 1 is 1.38 bits per heavy atom. The van der Waals surface area contributed by atoms with Gasteiger partial charge >= 0.3 is 6.09 Å². The standard InChI is InChI=1S/C12H14BrNO2/c13-12(6-7-12)9-14-11(15)16-8-10-4-2-1-3-5-10/h1-5H,6-9H2,(H,14,15). The van der Waals surface area contributed by atoms with Crippen molar-refractivity contribution >= 4 is 22.0 Å². The van der Waals surface area contributed by atoms with Crippen molar-refractivity contribution in [3.8, 4) is 0 Å². The average Bonchev–Trinajstić information content (AvgIpc) is 3.04. The summed E-state index contributed by atoms with van der Waals surface area (Å²) < 4.78 is 5.22. The Balaban J connectivity index is 1.68. The first-order valence-corrected chi connectivity index (χ1v) is 6.11. The molecule has 3 nitrogen and oxygen atoms in total. The van der Waals surface area contributed by atoms with Crippen LogP contribution >= 0.6 is 15.9 Å². The van der Waals surface area contributed by atoms with Crippen LogP contribution < -0.4 is 5.32 Å². The van der Waals surface area contributed by atoms with Crippen molar-refractivity contribution < 1.29 is 9.53 Å². The molecule has 0 saturated heterocycles. The van der Waals surface area contributed by atoms with Gasteiger partial charge in [-0.05, 0) is 18.4 Å². The minimum absolute atomic E-state index is 0.138. The molecule has 1 amide bonds. The zero-order valence-electron chi connectivity index (χ0n) is 8.91. The van der Waals surface area contributed by atoms with Gasteiger partial charge in [0.05, 0.1) is 0 Å². The minimum Gasteiger partial charge on any atom is -0.445 e. The average molecular weight is 284 g/mol. The number of amides is 1. The predicted octanol–water partition coefficient (Wildman–Crippen LogP) is 2.84. The molecule has 1 aliphatic rings. The van der Waals surface area contributed by atoms with Crippen molar-refractivity contribution in [2.75, 3.05) is 6.54 Å². The zero-order chi connectivity index (χ0) is 11.4. The third-order valence-corrected chi connectivity index (χ3v) is 3.63. The topological polar surface area (TPSA) is 38.3 Å². The Labute approximate surface area is 103 Å². The molecule has 0 aliphatic heterocycles. The van der Waals surface area contributed by atoms with E-state index in [0.717, 1.165) is 18.4 Å². The highest BCUT2D eigenvalue weighted by Crippen LogP contribution is 2.43. The fourth-order valence-electron chi connectivity index (χ4n) is 1.32. The molecule has 0 spiro atoms. The SMILES string of the molecule is O=C(NCC1(Br)CC1)OCc1ccccc1. The molecule has 16 heavy (non-hydrogen) atoms. The lowest BCUT2D eigenvalue weighted by atomic mass is 10.2. The Morgan fingerprint density at radius 2 is 2.06 bits per heavy atom. The van der Waals surface area contributed by atoms with Gasteiger partial charge in [-0.15, -0.1) is 0 Å². The summed E-state index contributed by atoms with van der Waals surface area (Å²) in [5.41, 5.74) is 0.998.